The molecule has 1 amide bonds. The molecule has 2 unspecified atom stereocenters. The zero-order valence-electron chi connectivity index (χ0n) is 10.1. The minimum Gasteiger partial charge on any atom is -0.349 e. The van der Waals surface area contributed by atoms with Gasteiger partial charge in [-0.15, -0.1) is 0 Å². The second-order valence-electron chi connectivity index (χ2n) is 4.79. The molecule has 1 saturated carbocycles. The Morgan fingerprint density at radius 3 is 3.00 bits per heavy atom. The van der Waals surface area contributed by atoms with Crippen LogP contribution in [-0.2, 0) is 4.79 Å². The Morgan fingerprint density at radius 2 is 2.41 bits per heavy atom. The van der Waals surface area contributed by atoms with E-state index in [-0.39, 0.29) is 23.9 Å². The number of hydrogen-bond acceptors (Lipinski definition) is 3. The molecule has 0 spiro atoms. The van der Waals surface area contributed by atoms with Crippen LogP contribution in [0, 0.1) is 5.92 Å². The van der Waals surface area contributed by atoms with Gasteiger partial charge >= 0.3 is 0 Å². The van der Waals surface area contributed by atoms with E-state index in [2.05, 4.69) is 10.3 Å². The largest absolute Gasteiger partial charge is 0.349 e. The highest BCUT2D eigenvalue weighted by Crippen LogP contribution is 2.25. The van der Waals surface area contributed by atoms with E-state index in [1.54, 1.807) is 12.4 Å². The summed E-state index contributed by atoms with van der Waals surface area (Å²) in [6, 6.07) is 4.05. The summed E-state index contributed by atoms with van der Waals surface area (Å²) in [5.74, 6) is 0.207. The van der Waals surface area contributed by atoms with Crippen molar-refractivity contribution < 1.29 is 4.79 Å². The van der Waals surface area contributed by atoms with Crippen LogP contribution in [0.1, 0.15) is 37.8 Å². The second-order valence-corrected chi connectivity index (χ2v) is 4.79. The van der Waals surface area contributed by atoms with Gasteiger partial charge in [0.2, 0.25) is 5.91 Å². The first-order valence-electron chi connectivity index (χ1n) is 6.12. The van der Waals surface area contributed by atoms with Gasteiger partial charge in [-0.2, -0.15) is 0 Å². The molecule has 4 nitrogen and oxygen atoms in total. The standard InChI is InChI=1S/C13H19N3O/c1-9(11-3-2-6-15-8-11)16-13(17)10-4-5-12(14)7-10/h2-3,6,8-10,12H,4-5,7,14H2,1H3,(H,16,17)/t9-,10?,12?/m1/s1. The van der Waals surface area contributed by atoms with Gasteiger partial charge < -0.3 is 11.1 Å². The maximum Gasteiger partial charge on any atom is 0.223 e. The number of nitrogens with zero attached hydrogens (tertiary/aromatic N) is 1. The molecule has 2 rings (SSSR count). The fourth-order valence-corrected chi connectivity index (χ4v) is 2.30. The molecule has 17 heavy (non-hydrogen) atoms. The smallest absolute Gasteiger partial charge is 0.223 e. The molecule has 0 radical (unpaired) electrons. The predicted octanol–water partition coefficient (Wildman–Crippen LogP) is 1.39. The zero-order valence-corrected chi connectivity index (χ0v) is 10.1. The molecule has 1 fully saturated rings. The Morgan fingerprint density at radius 1 is 1.59 bits per heavy atom. The summed E-state index contributed by atoms with van der Waals surface area (Å²) in [5, 5.41) is 3.02. The van der Waals surface area contributed by atoms with Crippen LogP contribution in [0.4, 0.5) is 0 Å². The molecule has 1 aliphatic rings. The van der Waals surface area contributed by atoms with Crippen molar-refractivity contribution in [3.8, 4) is 0 Å². The van der Waals surface area contributed by atoms with Gasteiger partial charge in [-0.3, -0.25) is 9.78 Å². The number of amides is 1. The van der Waals surface area contributed by atoms with E-state index in [1.165, 1.54) is 0 Å². The third-order valence-electron chi connectivity index (χ3n) is 3.39. The number of rotatable bonds is 3. The first-order valence-corrected chi connectivity index (χ1v) is 6.12. The topological polar surface area (TPSA) is 68.0 Å². The molecule has 4 heteroatoms. The zero-order chi connectivity index (χ0) is 12.3. The van der Waals surface area contributed by atoms with Gasteiger partial charge in [-0.25, -0.2) is 0 Å². The number of pyridine rings is 1. The van der Waals surface area contributed by atoms with Crippen LogP contribution in [0.2, 0.25) is 0 Å². The van der Waals surface area contributed by atoms with E-state index in [4.69, 9.17) is 5.73 Å². The highest BCUT2D eigenvalue weighted by molar-refractivity contribution is 5.79. The Hall–Kier alpha value is -1.42. The van der Waals surface area contributed by atoms with Crippen molar-refractivity contribution in [2.75, 3.05) is 0 Å². The quantitative estimate of drug-likeness (QED) is 0.829. The molecule has 1 aromatic heterocycles. The summed E-state index contributed by atoms with van der Waals surface area (Å²) in [5.41, 5.74) is 6.85. The lowest BCUT2D eigenvalue weighted by atomic mass is 10.1. The highest BCUT2D eigenvalue weighted by Gasteiger charge is 2.28. The molecular formula is C13H19N3O. The molecule has 0 aliphatic heterocycles. The third kappa shape index (κ3) is 3.03. The molecule has 1 aromatic rings. The number of carbonyl (C=O) groups excluding carboxylic acids is 1. The number of nitrogens with one attached hydrogen (secondary N) is 1. The van der Waals surface area contributed by atoms with E-state index in [0.717, 1.165) is 24.8 Å². The minimum atomic E-state index is 0.00743. The summed E-state index contributed by atoms with van der Waals surface area (Å²) in [7, 11) is 0. The van der Waals surface area contributed by atoms with Crippen LogP contribution in [0.25, 0.3) is 0 Å². The van der Waals surface area contributed by atoms with E-state index >= 15 is 0 Å². The number of nitrogens with two attached hydrogens (primary N) is 1. The number of carbonyl (C=O) groups is 1. The van der Waals surface area contributed by atoms with Crippen LogP contribution in [-0.4, -0.2) is 16.9 Å². The van der Waals surface area contributed by atoms with Crippen LogP contribution < -0.4 is 11.1 Å². The van der Waals surface area contributed by atoms with E-state index in [9.17, 15) is 4.79 Å². The normalized spacial score (nSPS) is 25.5. The van der Waals surface area contributed by atoms with Crippen molar-refractivity contribution in [1.29, 1.82) is 0 Å². The van der Waals surface area contributed by atoms with Gasteiger partial charge in [-0.05, 0) is 37.8 Å². The van der Waals surface area contributed by atoms with E-state index in [1.807, 2.05) is 19.1 Å². The van der Waals surface area contributed by atoms with Crippen LogP contribution in [0.5, 0.6) is 0 Å². The van der Waals surface area contributed by atoms with Crippen molar-refractivity contribution in [3.63, 3.8) is 0 Å². The summed E-state index contributed by atoms with van der Waals surface area (Å²) in [4.78, 5) is 16.0. The molecule has 0 bridgehead atoms. The number of hydrogen-bond donors (Lipinski definition) is 2. The molecule has 0 aromatic carbocycles. The lowest BCUT2D eigenvalue weighted by molar-refractivity contribution is -0.125. The fourth-order valence-electron chi connectivity index (χ4n) is 2.30. The Balaban J connectivity index is 1.91. The maximum absolute atomic E-state index is 12.0. The third-order valence-corrected chi connectivity index (χ3v) is 3.39. The molecule has 92 valence electrons. The highest BCUT2D eigenvalue weighted by atomic mass is 16.1. The SMILES string of the molecule is C[C@@H](NC(=O)C1CCC(N)C1)c1cccnc1. The van der Waals surface area contributed by atoms with E-state index < -0.39 is 0 Å². The Kier molecular flexibility index (Phi) is 3.74. The molecule has 0 saturated heterocycles. The maximum atomic E-state index is 12.0. The lowest BCUT2D eigenvalue weighted by Gasteiger charge is -2.17. The first-order chi connectivity index (χ1) is 8.16. The average molecular weight is 233 g/mol. The van der Waals surface area contributed by atoms with Crippen molar-refractivity contribution in [1.82, 2.24) is 10.3 Å². The summed E-state index contributed by atoms with van der Waals surface area (Å²) >= 11 is 0. The van der Waals surface area contributed by atoms with Gasteiger partial charge in [0.05, 0.1) is 6.04 Å². The van der Waals surface area contributed by atoms with Gasteiger partial charge in [0.1, 0.15) is 0 Å². The van der Waals surface area contributed by atoms with Crippen molar-refractivity contribution in [2.24, 2.45) is 11.7 Å². The summed E-state index contributed by atoms with van der Waals surface area (Å²) in [6.07, 6.45) is 6.19. The Bertz CT molecular complexity index is 380. The second kappa shape index (κ2) is 5.27. The van der Waals surface area contributed by atoms with Gasteiger partial charge in [0.25, 0.3) is 0 Å². The van der Waals surface area contributed by atoms with Crippen molar-refractivity contribution in [2.45, 2.75) is 38.3 Å². The number of aromatic nitrogens is 1. The van der Waals surface area contributed by atoms with Gasteiger partial charge in [0.15, 0.2) is 0 Å². The van der Waals surface area contributed by atoms with Gasteiger partial charge in [0, 0.05) is 24.4 Å². The fraction of sp³-hybridized carbons (Fsp3) is 0.538. The average Bonchev–Trinajstić information content (AvgIpc) is 2.77. The van der Waals surface area contributed by atoms with Crippen molar-refractivity contribution in [3.05, 3.63) is 30.1 Å². The molecule has 3 N–H and O–H groups in total. The molecule has 1 aliphatic carbocycles. The van der Waals surface area contributed by atoms with Crippen molar-refractivity contribution >= 4 is 5.91 Å². The molecule has 3 atom stereocenters. The minimum absolute atomic E-state index is 0.00743. The van der Waals surface area contributed by atoms with Crippen LogP contribution >= 0.6 is 0 Å². The monoisotopic (exact) mass is 233 g/mol. The van der Waals surface area contributed by atoms with Crippen LogP contribution in [0.15, 0.2) is 24.5 Å². The van der Waals surface area contributed by atoms with Gasteiger partial charge in [-0.1, -0.05) is 6.07 Å². The lowest BCUT2D eigenvalue weighted by Crippen LogP contribution is -2.32. The van der Waals surface area contributed by atoms with E-state index in [0.29, 0.717) is 0 Å². The Labute approximate surface area is 102 Å². The molecular weight excluding hydrogens is 214 g/mol. The molecule has 1 heterocycles. The first kappa shape index (κ1) is 12.0. The predicted molar refractivity (Wildman–Crippen MR) is 66.1 cm³/mol. The summed E-state index contributed by atoms with van der Waals surface area (Å²) in [6.45, 7) is 1.98. The van der Waals surface area contributed by atoms with Crippen LogP contribution in [0.3, 0.4) is 0 Å². The summed E-state index contributed by atoms with van der Waals surface area (Å²) < 4.78 is 0.